The van der Waals surface area contributed by atoms with Crippen molar-refractivity contribution in [1.82, 2.24) is 14.7 Å². The molecule has 0 atom stereocenters. The van der Waals surface area contributed by atoms with Gasteiger partial charge in [-0.3, -0.25) is 14.6 Å². The second kappa shape index (κ2) is 10.9. The largest absolute Gasteiger partial charge is 0.381 e. The van der Waals surface area contributed by atoms with Gasteiger partial charge in [-0.1, -0.05) is 0 Å². The number of hydrogen-bond acceptors (Lipinski definition) is 6. The van der Waals surface area contributed by atoms with E-state index in [0.717, 1.165) is 103 Å². The molecule has 3 fully saturated rings. The number of hydrogen-bond donors (Lipinski definition) is 0. The van der Waals surface area contributed by atoms with Crippen molar-refractivity contribution in [1.29, 1.82) is 0 Å². The van der Waals surface area contributed by atoms with Gasteiger partial charge in [0.05, 0.1) is 18.8 Å². The van der Waals surface area contributed by atoms with E-state index in [1.165, 1.54) is 0 Å². The highest BCUT2D eigenvalue weighted by Gasteiger charge is 2.28. The summed E-state index contributed by atoms with van der Waals surface area (Å²) in [7, 11) is 0. The van der Waals surface area contributed by atoms with Crippen LogP contribution in [0.5, 0.6) is 0 Å². The Hall–Kier alpha value is -0.990. The fourth-order valence-corrected chi connectivity index (χ4v) is 5.42. The van der Waals surface area contributed by atoms with Gasteiger partial charge in [-0.15, -0.1) is 0 Å². The van der Waals surface area contributed by atoms with Crippen LogP contribution in [0.25, 0.3) is 0 Å². The van der Waals surface area contributed by atoms with Gasteiger partial charge in [-0.25, -0.2) is 0 Å². The molecule has 4 heterocycles. The zero-order chi connectivity index (χ0) is 19.9. The monoisotopic (exact) mass is 421 g/mol. The summed E-state index contributed by atoms with van der Waals surface area (Å²) >= 11 is 1.60. The number of carbonyl (C=O) groups is 1. The second-order valence-electron chi connectivity index (χ2n) is 8.54. The predicted molar refractivity (Wildman–Crippen MR) is 116 cm³/mol. The molecular weight excluding hydrogens is 386 g/mol. The van der Waals surface area contributed by atoms with Crippen LogP contribution in [0.4, 0.5) is 0 Å². The van der Waals surface area contributed by atoms with Gasteiger partial charge in [0.1, 0.15) is 0 Å². The minimum absolute atomic E-state index is 0.207. The first kappa shape index (κ1) is 21.2. The second-order valence-corrected chi connectivity index (χ2v) is 9.32. The van der Waals surface area contributed by atoms with E-state index in [4.69, 9.17) is 9.47 Å². The lowest BCUT2D eigenvalue weighted by Crippen LogP contribution is -2.49. The van der Waals surface area contributed by atoms with Gasteiger partial charge in [0.15, 0.2) is 0 Å². The fraction of sp³-hybridized carbons (Fsp3) is 0.773. The minimum atomic E-state index is 0.207. The summed E-state index contributed by atoms with van der Waals surface area (Å²) in [4.78, 5) is 19.9. The number of ether oxygens (including phenoxy) is 2. The zero-order valence-electron chi connectivity index (χ0n) is 17.5. The van der Waals surface area contributed by atoms with Gasteiger partial charge in [0.25, 0.3) is 5.91 Å². The first-order chi connectivity index (χ1) is 14.3. The molecule has 1 amide bonds. The summed E-state index contributed by atoms with van der Waals surface area (Å²) < 4.78 is 11.1. The quantitative estimate of drug-likeness (QED) is 0.677. The maximum atomic E-state index is 12.6. The first-order valence-corrected chi connectivity index (χ1v) is 12.2. The summed E-state index contributed by atoms with van der Waals surface area (Å²) in [6, 6.07) is 2.59. The van der Waals surface area contributed by atoms with Gasteiger partial charge >= 0.3 is 0 Å². The highest BCUT2D eigenvalue weighted by atomic mass is 32.1. The van der Waals surface area contributed by atoms with Crippen LogP contribution in [0.1, 0.15) is 36.0 Å². The number of carbonyl (C=O) groups excluding carboxylic acids is 1. The molecule has 3 aliphatic heterocycles. The molecule has 6 nitrogen and oxygen atoms in total. The third kappa shape index (κ3) is 6.01. The van der Waals surface area contributed by atoms with Crippen LogP contribution in [0.3, 0.4) is 0 Å². The molecule has 0 unspecified atom stereocenters. The number of nitrogens with zero attached hydrogens (tertiary/aromatic N) is 3. The molecule has 0 N–H and O–H groups in total. The van der Waals surface area contributed by atoms with E-state index in [1.807, 2.05) is 21.7 Å². The van der Waals surface area contributed by atoms with Crippen molar-refractivity contribution in [3.8, 4) is 0 Å². The van der Waals surface area contributed by atoms with Crippen molar-refractivity contribution in [2.75, 3.05) is 72.2 Å². The molecule has 0 aliphatic carbocycles. The van der Waals surface area contributed by atoms with Crippen molar-refractivity contribution < 1.29 is 14.3 Å². The first-order valence-electron chi connectivity index (χ1n) is 11.2. The van der Waals surface area contributed by atoms with Crippen LogP contribution < -0.4 is 0 Å². The molecule has 162 valence electrons. The lowest BCUT2D eigenvalue weighted by molar-refractivity contribution is 0.00625. The number of piperidine rings is 1. The standard InChI is InChI=1S/C22H35N3O3S/c26-22(20-5-16-29-18-20)24-6-1-19(2-7-24)17-25(21-3-12-27-13-4-21)9-8-23-10-14-28-15-11-23/h5,16,18-19,21H,1-4,6-15,17H2. The van der Waals surface area contributed by atoms with Crippen molar-refractivity contribution >= 4 is 17.2 Å². The van der Waals surface area contributed by atoms with Crippen LogP contribution >= 0.6 is 11.3 Å². The summed E-state index contributed by atoms with van der Waals surface area (Å²) in [5, 5.41) is 3.95. The van der Waals surface area contributed by atoms with Gasteiger partial charge in [-0.05, 0) is 43.0 Å². The Balaban J connectivity index is 1.28. The average Bonchev–Trinajstić information content (AvgIpc) is 3.33. The SMILES string of the molecule is O=C(c1ccsc1)N1CCC(CN(CCN2CCOCC2)C2CCOCC2)CC1. The molecule has 0 saturated carbocycles. The van der Waals surface area contributed by atoms with Crippen molar-refractivity contribution in [2.45, 2.75) is 31.7 Å². The number of rotatable bonds is 7. The Bertz CT molecular complexity index is 607. The highest BCUT2D eigenvalue weighted by molar-refractivity contribution is 7.08. The van der Waals surface area contributed by atoms with Crippen molar-refractivity contribution in [2.24, 2.45) is 5.92 Å². The molecule has 3 aliphatic rings. The molecule has 0 aromatic carbocycles. The van der Waals surface area contributed by atoms with E-state index >= 15 is 0 Å². The van der Waals surface area contributed by atoms with Crippen molar-refractivity contribution in [3.63, 3.8) is 0 Å². The van der Waals surface area contributed by atoms with E-state index in [1.54, 1.807) is 11.3 Å². The van der Waals surface area contributed by atoms with Crippen LogP contribution in [-0.4, -0.2) is 98.9 Å². The van der Waals surface area contributed by atoms with Gasteiger partial charge in [0.2, 0.25) is 0 Å². The normalized spacial score (nSPS) is 23.0. The number of thiophene rings is 1. The predicted octanol–water partition coefficient (Wildman–Crippen LogP) is 2.41. The van der Waals surface area contributed by atoms with Gasteiger partial charge in [0, 0.05) is 70.4 Å². The summed E-state index contributed by atoms with van der Waals surface area (Å²) in [5.41, 5.74) is 0.850. The molecule has 0 radical (unpaired) electrons. The fourth-order valence-electron chi connectivity index (χ4n) is 4.79. The van der Waals surface area contributed by atoms with Crippen molar-refractivity contribution in [3.05, 3.63) is 22.4 Å². The molecule has 0 bridgehead atoms. The molecule has 1 aromatic rings. The molecule has 0 spiro atoms. The third-order valence-corrected chi connectivity index (χ3v) is 7.36. The van der Waals surface area contributed by atoms with Crippen LogP contribution in [0.2, 0.25) is 0 Å². The Labute approximate surface area is 178 Å². The number of amides is 1. The molecule has 1 aromatic heterocycles. The van der Waals surface area contributed by atoms with Crippen LogP contribution in [0, 0.1) is 5.92 Å². The maximum absolute atomic E-state index is 12.6. The Morgan fingerprint density at radius 1 is 1.03 bits per heavy atom. The maximum Gasteiger partial charge on any atom is 0.254 e. The molecule has 7 heteroatoms. The van der Waals surface area contributed by atoms with Gasteiger partial charge < -0.3 is 14.4 Å². The van der Waals surface area contributed by atoms with Crippen LogP contribution in [-0.2, 0) is 9.47 Å². The zero-order valence-corrected chi connectivity index (χ0v) is 18.3. The number of morpholine rings is 1. The number of likely N-dealkylation sites (tertiary alicyclic amines) is 1. The topological polar surface area (TPSA) is 45.3 Å². The Kier molecular flexibility index (Phi) is 7.96. The molecule has 4 rings (SSSR count). The highest BCUT2D eigenvalue weighted by Crippen LogP contribution is 2.24. The lowest BCUT2D eigenvalue weighted by Gasteiger charge is -2.40. The molecule has 29 heavy (non-hydrogen) atoms. The van der Waals surface area contributed by atoms with E-state index in [-0.39, 0.29) is 5.91 Å². The van der Waals surface area contributed by atoms with E-state index < -0.39 is 0 Å². The van der Waals surface area contributed by atoms with E-state index in [9.17, 15) is 4.79 Å². The Morgan fingerprint density at radius 3 is 2.45 bits per heavy atom. The van der Waals surface area contributed by atoms with Crippen LogP contribution in [0.15, 0.2) is 16.8 Å². The summed E-state index contributed by atoms with van der Waals surface area (Å²) in [5.74, 6) is 0.896. The molecule has 3 saturated heterocycles. The summed E-state index contributed by atoms with van der Waals surface area (Å²) in [6.45, 7) is 10.9. The minimum Gasteiger partial charge on any atom is -0.381 e. The van der Waals surface area contributed by atoms with E-state index in [2.05, 4.69) is 9.80 Å². The molecular formula is C22H35N3O3S. The smallest absolute Gasteiger partial charge is 0.254 e. The third-order valence-electron chi connectivity index (χ3n) is 6.68. The van der Waals surface area contributed by atoms with E-state index in [0.29, 0.717) is 12.0 Å². The summed E-state index contributed by atoms with van der Waals surface area (Å²) in [6.07, 6.45) is 4.54. The Morgan fingerprint density at radius 2 is 1.76 bits per heavy atom. The average molecular weight is 422 g/mol. The van der Waals surface area contributed by atoms with Gasteiger partial charge in [-0.2, -0.15) is 11.3 Å². The lowest BCUT2D eigenvalue weighted by atomic mass is 9.94.